The van der Waals surface area contributed by atoms with Crippen LogP contribution in [0.4, 0.5) is 24.7 Å². The van der Waals surface area contributed by atoms with E-state index in [0.29, 0.717) is 11.2 Å². The van der Waals surface area contributed by atoms with Gasteiger partial charge in [0.2, 0.25) is 0 Å². The summed E-state index contributed by atoms with van der Waals surface area (Å²) in [5.41, 5.74) is 1.26. The Labute approximate surface area is 169 Å². The minimum Gasteiger partial charge on any atom is -0.367 e. The molecule has 0 saturated carbocycles. The molecule has 4 aromatic rings. The first-order chi connectivity index (χ1) is 14.4. The Balaban J connectivity index is 1.38. The van der Waals surface area contributed by atoms with Gasteiger partial charge in [0.25, 0.3) is 0 Å². The van der Waals surface area contributed by atoms with Crippen LogP contribution < -0.4 is 9.80 Å². The van der Waals surface area contributed by atoms with E-state index < -0.39 is 11.7 Å². The molecule has 30 heavy (non-hydrogen) atoms. The molecule has 7 nitrogen and oxygen atoms in total. The number of nitrogens with zero attached hydrogens (tertiary/aromatic N) is 7. The van der Waals surface area contributed by atoms with Crippen LogP contribution in [-0.2, 0) is 6.18 Å². The first-order valence-electron chi connectivity index (χ1n) is 9.55. The number of hydrogen-bond donors (Lipinski definition) is 0. The van der Waals surface area contributed by atoms with E-state index in [9.17, 15) is 13.2 Å². The van der Waals surface area contributed by atoms with Crippen molar-refractivity contribution in [3.8, 4) is 0 Å². The lowest BCUT2D eigenvalue weighted by atomic mass is 10.1. The summed E-state index contributed by atoms with van der Waals surface area (Å²) in [5, 5.41) is 13.4. The molecular formula is C20H18F3N7. The maximum Gasteiger partial charge on any atom is 0.416 e. The molecule has 1 aliphatic heterocycles. The highest BCUT2D eigenvalue weighted by Gasteiger charge is 2.31. The molecule has 1 aromatic carbocycles. The number of aromatic nitrogens is 5. The summed E-state index contributed by atoms with van der Waals surface area (Å²) in [6.45, 7) is 4.78. The van der Waals surface area contributed by atoms with E-state index in [2.05, 4.69) is 30.1 Å². The molecule has 0 N–H and O–H groups in total. The van der Waals surface area contributed by atoms with Crippen LogP contribution in [0.15, 0.2) is 42.6 Å². The number of benzene rings is 1. The number of hydrogen-bond acceptors (Lipinski definition) is 6. The minimum atomic E-state index is -4.38. The Morgan fingerprint density at radius 1 is 0.900 bits per heavy atom. The Hall–Kier alpha value is -3.43. The van der Waals surface area contributed by atoms with Gasteiger partial charge in [0.05, 0.1) is 11.1 Å². The lowest BCUT2D eigenvalue weighted by molar-refractivity contribution is -0.137. The van der Waals surface area contributed by atoms with Crippen molar-refractivity contribution in [2.75, 3.05) is 36.0 Å². The summed E-state index contributed by atoms with van der Waals surface area (Å²) in [6, 6.07) is 9.41. The lowest BCUT2D eigenvalue weighted by Crippen LogP contribution is -2.47. The van der Waals surface area contributed by atoms with Crippen molar-refractivity contribution in [2.45, 2.75) is 13.1 Å². The Bertz CT molecular complexity index is 1230. The van der Waals surface area contributed by atoms with Gasteiger partial charge in [0.15, 0.2) is 11.5 Å². The minimum absolute atomic E-state index is 0.347. The summed E-state index contributed by atoms with van der Waals surface area (Å²) in [7, 11) is 0. The van der Waals surface area contributed by atoms with Crippen LogP contribution in [0.2, 0.25) is 0 Å². The van der Waals surface area contributed by atoms with Crippen LogP contribution >= 0.6 is 0 Å². The highest BCUT2D eigenvalue weighted by molar-refractivity contribution is 5.92. The molecule has 0 unspecified atom stereocenters. The SMILES string of the molecule is Cc1nnc2ccc(N3CCN(c4ccnc5cc(C(F)(F)F)ccc45)CC3)nn12. The van der Waals surface area contributed by atoms with E-state index in [1.165, 1.54) is 6.07 Å². The van der Waals surface area contributed by atoms with Gasteiger partial charge in [-0.3, -0.25) is 4.98 Å². The zero-order valence-corrected chi connectivity index (χ0v) is 16.1. The monoisotopic (exact) mass is 413 g/mol. The molecule has 5 rings (SSSR count). The number of halogens is 3. The van der Waals surface area contributed by atoms with Crippen LogP contribution in [0.5, 0.6) is 0 Å². The van der Waals surface area contributed by atoms with Gasteiger partial charge in [-0.2, -0.15) is 17.7 Å². The van der Waals surface area contributed by atoms with Crippen LogP contribution in [0, 0.1) is 6.92 Å². The van der Waals surface area contributed by atoms with Gasteiger partial charge in [-0.15, -0.1) is 15.3 Å². The van der Waals surface area contributed by atoms with E-state index >= 15 is 0 Å². The predicted molar refractivity (Wildman–Crippen MR) is 107 cm³/mol. The molecular weight excluding hydrogens is 395 g/mol. The van der Waals surface area contributed by atoms with Crippen LogP contribution in [-0.4, -0.2) is 51.0 Å². The number of piperazine rings is 1. The Morgan fingerprint density at radius 2 is 1.67 bits per heavy atom. The first-order valence-corrected chi connectivity index (χ1v) is 9.55. The molecule has 4 heterocycles. The van der Waals surface area contributed by atoms with E-state index in [4.69, 9.17) is 0 Å². The molecule has 1 saturated heterocycles. The molecule has 0 radical (unpaired) electrons. The molecule has 154 valence electrons. The summed E-state index contributed by atoms with van der Waals surface area (Å²) in [5.74, 6) is 1.58. The van der Waals surface area contributed by atoms with E-state index in [1.54, 1.807) is 10.7 Å². The van der Waals surface area contributed by atoms with E-state index in [1.807, 2.05) is 25.1 Å². The topological polar surface area (TPSA) is 62.5 Å². The Kier molecular flexibility index (Phi) is 4.23. The molecule has 0 bridgehead atoms. The second-order valence-corrected chi connectivity index (χ2v) is 7.24. The van der Waals surface area contributed by atoms with Crippen molar-refractivity contribution in [3.63, 3.8) is 0 Å². The standard InChI is InChI=1S/C20H18F3N7/c1-13-25-26-18-4-5-19(27-30(13)18)29-10-8-28(9-11-29)17-6-7-24-16-12-14(20(21,22)23)2-3-15(16)17/h2-7,12H,8-11H2,1H3. The van der Waals surface area contributed by atoms with Crippen molar-refractivity contribution in [1.29, 1.82) is 0 Å². The molecule has 3 aromatic heterocycles. The maximum atomic E-state index is 13.0. The lowest BCUT2D eigenvalue weighted by Gasteiger charge is -2.37. The van der Waals surface area contributed by atoms with Crippen LogP contribution in [0.25, 0.3) is 16.6 Å². The van der Waals surface area contributed by atoms with Crippen molar-refractivity contribution < 1.29 is 13.2 Å². The second-order valence-electron chi connectivity index (χ2n) is 7.24. The third-order valence-electron chi connectivity index (χ3n) is 5.40. The average Bonchev–Trinajstić information content (AvgIpc) is 3.12. The smallest absolute Gasteiger partial charge is 0.367 e. The Morgan fingerprint density at radius 3 is 2.43 bits per heavy atom. The summed E-state index contributed by atoms with van der Waals surface area (Å²) < 4.78 is 40.8. The molecule has 1 aliphatic rings. The average molecular weight is 413 g/mol. The number of rotatable bonds is 2. The molecule has 0 spiro atoms. The van der Waals surface area contributed by atoms with Crippen LogP contribution in [0.1, 0.15) is 11.4 Å². The fraction of sp³-hybridized carbons (Fsp3) is 0.300. The zero-order valence-electron chi connectivity index (χ0n) is 16.1. The van der Waals surface area contributed by atoms with Gasteiger partial charge in [-0.25, -0.2) is 0 Å². The van der Waals surface area contributed by atoms with Gasteiger partial charge in [-0.1, -0.05) is 6.07 Å². The van der Waals surface area contributed by atoms with Crippen molar-refractivity contribution in [3.05, 3.63) is 54.0 Å². The predicted octanol–water partition coefficient (Wildman–Crippen LogP) is 3.33. The fourth-order valence-corrected chi connectivity index (χ4v) is 3.82. The summed E-state index contributed by atoms with van der Waals surface area (Å²) in [6.07, 6.45) is -2.82. The molecule has 10 heteroatoms. The number of alkyl halides is 3. The third-order valence-corrected chi connectivity index (χ3v) is 5.40. The maximum absolute atomic E-state index is 13.0. The van der Waals surface area contributed by atoms with E-state index in [-0.39, 0.29) is 0 Å². The van der Waals surface area contributed by atoms with Gasteiger partial charge in [0.1, 0.15) is 5.82 Å². The van der Waals surface area contributed by atoms with Gasteiger partial charge >= 0.3 is 6.18 Å². The molecule has 1 fully saturated rings. The van der Waals surface area contributed by atoms with Gasteiger partial charge in [-0.05, 0) is 37.3 Å². The number of anilines is 2. The molecule has 0 amide bonds. The largest absolute Gasteiger partial charge is 0.416 e. The molecule has 0 aliphatic carbocycles. The normalized spacial score (nSPS) is 15.3. The fourth-order valence-electron chi connectivity index (χ4n) is 3.82. The van der Waals surface area contributed by atoms with Gasteiger partial charge in [0, 0.05) is 43.4 Å². The third kappa shape index (κ3) is 3.17. The highest BCUT2D eigenvalue weighted by Crippen LogP contribution is 2.34. The number of fused-ring (bicyclic) bond motifs is 2. The zero-order chi connectivity index (χ0) is 20.9. The van der Waals surface area contributed by atoms with Crippen molar-refractivity contribution in [2.24, 2.45) is 0 Å². The van der Waals surface area contributed by atoms with E-state index in [0.717, 1.165) is 61.0 Å². The first kappa shape index (κ1) is 18.6. The van der Waals surface area contributed by atoms with Gasteiger partial charge < -0.3 is 9.80 Å². The van der Waals surface area contributed by atoms with Crippen molar-refractivity contribution in [1.82, 2.24) is 24.8 Å². The van der Waals surface area contributed by atoms with Crippen molar-refractivity contribution >= 4 is 28.1 Å². The number of pyridine rings is 1. The van der Waals surface area contributed by atoms with Crippen LogP contribution in [0.3, 0.4) is 0 Å². The quantitative estimate of drug-likeness (QED) is 0.502. The highest BCUT2D eigenvalue weighted by atomic mass is 19.4. The number of aryl methyl sites for hydroxylation is 1. The summed E-state index contributed by atoms with van der Waals surface area (Å²) >= 11 is 0. The molecule has 0 atom stereocenters. The summed E-state index contributed by atoms with van der Waals surface area (Å²) in [4.78, 5) is 8.50. The second kappa shape index (κ2) is 6.82.